The van der Waals surface area contributed by atoms with Gasteiger partial charge < -0.3 is 9.73 Å². The van der Waals surface area contributed by atoms with Gasteiger partial charge in [0.05, 0.1) is 29.6 Å². The molecule has 3 aromatic rings. The Balaban J connectivity index is 1.35. The van der Waals surface area contributed by atoms with Crippen LogP contribution in [0.15, 0.2) is 41.0 Å². The highest BCUT2D eigenvalue weighted by atomic mass is 35.5. The van der Waals surface area contributed by atoms with Crippen LogP contribution in [-0.2, 0) is 11.3 Å². The molecular formula is C20H23ClN4O2S. The maximum atomic E-state index is 12.6. The van der Waals surface area contributed by atoms with Crippen molar-refractivity contribution in [1.29, 1.82) is 0 Å². The molecule has 2 atom stereocenters. The molecule has 1 amide bonds. The molecule has 8 heteroatoms. The number of nitrogens with zero attached hydrogens (tertiary/aromatic N) is 3. The van der Waals surface area contributed by atoms with Crippen LogP contribution in [0.1, 0.15) is 19.6 Å². The van der Waals surface area contributed by atoms with Crippen LogP contribution in [0.25, 0.3) is 10.2 Å². The lowest BCUT2D eigenvalue weighted by molar-refractivity contribution is -0.118. The van der Waals surface area contributed by atoms with E-state index < -0.39 is 0 Å². The molecule has 0 unspecified atom stereocenters. The van der Waals surface area contributed by atoms with Crippen molar-refractivity contribution in [3.63, 3.8) is 0 Å². The van der Waals surface area contributed by atoms with Crippen molar-refractivity contribution in [2.45, 2.75) is 32.5 Å². The number of piperazine rings is 1. The number of aromatic nitrogens is 1. The van der Waals surface area contributed by atoms with E-state index in [-0.39, 0.29) is 11.9 Å². The molecule has 6 nitrogen and oxygen atoms in total. The molecule has 2 aromatic heterocycles. The number of hydrogen-bond acceptors (Lipinski definition) is 6. The minimum absolute atomic E-state index is 0.0383. The van der Waals surface area contributed by atoms with Gasteiger partial charge in [0, 0.05) is 30.2 Å². The lowest BCUT2D eigenvalue weighted by Crippen LogP contribution is -2.57. The van der Waals surface area contributed by atoms with Gasteiger partial charge in [-0.3, -0.25) is 14.6 Å². The standard InChI is InChI=1S/C20H23ClN4O2S/c1-13-10-25(14(2)9-24(13)11-16-4-3-7-27-16)12-19(26)23-20-22-17-6-5-15(21)8-18(17)28-20/h3-8,13-14H,9-12H2,1-2H3,(H,22,23,26)/t13-,14-/m1/s1. The summed E-state index contributed by atoms with van der Waals surface area (Å²) in [4.78, 5) is 21.7. The van der Waals surface area contributed by atoms with E-state index in [1.54, 1.807) is 12.3 Å². The third-order valence-electron chi connectivity index (χ3n) is 5.13. The van der Waals surface area contributed by atoms with E-state index in [2.05, 4.69) is 33.9 Å². The topological polar surface area (TPSA) is 61.6 Å². The maximum Gasteiger partial charge on any atom is 0.240 e. The van der Waals surface area contributed by atoms with E-state index in [4.69, 9.17) is 16.0 Å². The van der Waals surface area contributed by atoms with E-state index in [9.17, 15) is 4.79 Å². The second-order valence-corrected chi connectivity index (χ2v) is 8.78. The molecule has 0 radical (unpaired) electrons. The molecule has 1 aromatic carbocycles. The summed E-state index contributed by atoms with van der Waals surface area (Å²) in [6, 6.07) is 10.1. The molecule has 0 aliphatic carbocycles. The van der Waals surface area contributed by atoms with E-state index in [1.165, 1.54) is 11.3 Å². The van der Waals surface area contributed by atoms with Crippen LogP contribution in [0, 0.1) is 0 Å². The van der Waals surface area contributed by atoms with Gasteiger partial charge in [0.1, 0.15) is 5.76 Å². The monoisotopic (exact) mass is 418 g/mol. The van der Waals surface area contributed by atoms with Crippen LogP contribution >= 0.6 is 22.9 Å². The molecule has 1 aliphatic rings. The SMILES string of the molecule is C[C@@H]1CN(Cc2ccco2)[C@H](C)CN1CC(=O)Nc1nc2ccc(Cl)cc2s1. The first-order valence-electron chi connectivity index (χ1n) is 9.34. The number of benzene rings is 1. The molecule has 1 aliphatic heterocycles. The predicted molar refractivity (Wildman–Crippen MR) is 113 cm³/mol. The van der Waals surface area contributed by atoms with Gasteiger partial charge in [0.15, 0.2) is 5.13 Å². The number of rotatable bonds is 5. The summed E-state index contributed by atoms with van der Waals surface area (Å²) < 4.78 is 6.45. The van der Waals surface area contributed by atoms with E-state index in [0.29, 0.717) is 22.7 Å². The van der Waals surface area contributed by atoms with Gasteiger partial charge in [-0.2, -0.15) is 0 Å². The van der Waals surface area contributed by atoms with Gasteiger partial charge in [-0.25, -0.2) is 4.98 Å². The normalized spacial score (nSPS) is 21.2. The van der Waals surface area contributed by atoms with E-state index in [0.717, 1.165) is 35.6 Å². The molecular weight excluding hydrogens is 396 g/mol. The Bertz CT molecular complexity index is 958. The first-order chi connectivity index (χ1) is 13.5. The fourth-order valence-corrected chi connectivity index (χ4v) is 4.77. The summed E-state index contributed by atoms with van der Waals surface area (Å²) in [5.41, 5.74) is 0.846. The van der Waals surface area contributed by atoms with Crippen LogP contribution in [0.4, 0.5) is 5.13 Å². The number of fused-ring (bicyclic) bond motifs is 1. The smallest absolute Gasteiger partial charge is 0.240 e. The molecule has 1 fully saturated rings. The average Bonchev–Trinajstić information content (AvgIpc) is 3.28. The Hall–Kier alpha value is -1.93. The van der Waals surface area contributed by atoms with Gasteiger partial charge in [-0.05, 0) is 44.2 Å². The largest absolute Gasteiger partial charge is 0.468 e. The van der Waals surface area contributed by atoms with Crippen molar-refractivity contribution >= 4 is 44.2 Å². The van der Waals surface area contributed by atoms with Crippen molar-refractivity contribution in [3.05, 3.63) is 47.4 Å². The quantitative estimate of drug-likeness (QED) is 0.676. The third kappa shape index (κ3) is 4.38. The fraction of sp³-hybridized carbons (Fsp3) is 0.400. The van der Waals surface area contributed by atoms with Crippen LogP contribution in [-0.4, -0.2) is 52.4 Å². The maximum absolute atomic E-state index is 12.6. The zero-order valence-electron chi connectivity index (χ0n) is 15.9. The summed E-state index contributed by atoms with van der Waals surface area (Å²) in [6.45, 7) is 7.24. The number of carbonyl (C=O) groups is 1. The van der Waals surface area contributed by atoms with Crippen molar-refractivity contribution in [2.75, 3.05) is 25.0 Å². The highest BCUT2D eigenvalue weighted by Gasteiger charge is 2.30. The predicted octanol–water partition coefficient (Wildman–Crippen LogP) is 4.08. The Morgan fingerprint density at radius 3 is 2.86 bits per heavy atom. The Labute approximate surface area is 173 Å². The zero-order valence-corrected chi connectivity index (χ0v) is 17.5. The average molecular weight is 419 g/mol. The fourth-order valence-electron chi connectivity index (χ4n) is 3.61. The van der Waals surface area contributed by atoms with E-state index >= 15 is 0 Å². The van der Waals surface area contributed by atoms with Crippen molar-refractivity contribution in [1.82, 2.24) is 14.8 Å². The molecule has 0 spiro atoms. The number of hydrogen-bond donors (Lipinski definition) is 1. The van der Waals surface area contributed by atoms with Gasteiger partial charge in [-0.15, -0.1) is 0 Å². The Kier molecular flexibility index (Phi) is 5.68. The molecule has 0 saturated carbocycles. The molecule has 1 N–H and O–H groups in total. The molecule has 3 heterocycles. The minimum Gasteiger partial charge on any atom is -0.468 e. The summed E-state index contributed by atoms with van der Waals surface area (Å²) in [5.74, 6) is 0.935. The van der Waals surface area contributed by atoms with Crippen LogP contribution in [0.2, 0.25) is 5.02 Å². The van der Waals surface area contributed by atoms with E-state index in [1.807, 2.05) is 24.3 Å². The minimum atomic E-state index is -0.0383. The number of thiazole rings is 1. The number of halogens is 1. The lowest BCUT2D eigenvalue weighted by Gasteiger charge is -2.43. The zero-order chi connectivity index (χ0) is 19.7. The summed E-state index contributed by atoms with van der Waals surface area (Å²) in [6.07, 6.45) is 1.71. The number of anilines is 1. The first kappa shape index (κ1) is 19.4. The van der Waals surface area contributed by atoms with Crippen molar-refractivity contribution in [3.8, 4) is 0 Å². The summed E-state index contributed by atoms with van der Waals surface area (Å²) >= 11 is 7.46. The molecule has 0 bridgehead atoms. The Morgan fingerprint density at radius 2 is 2.07 bits per heavy atom. The first-order valence-corrected chi connectivity index (χ1v) is 10.5. The Morgan fingerprint density at radius 1 is 1.29 bits per heavy atom. The van der Waals surface area contributed by atoms with Crippen LogP contribution in [0.5, 0.6) is 0 Å². The molecule has 1 saturated heterocycles. The highest BCUT2D eigenvalue weighted by Crippen LogP contribution is 2.28. The van der Waals surface area contributed by atoms with Gasteiger partial charge in [-0.1, -0.05) is 22.9 Å². The van der Waals surface area contributed by atoms with Gasteiger partial charge >= 0.3 is 0 Å². The number of carbonyl (C=O) groups excluding carboxylic acids is 1. The van der Waals surface area contributed by atoms with Crippen LogP contribution in [0.3, 0.4) is 0 Å². The second kappa shape index (κ2) is 8.21. The number of amides is 1. The molecule has 28 heavy (non-hydrogen) atoms. The third-order valence-corrected chi connectivity index (χ3v) is 6.30. The number of nitrogens with one attached hydrogen (secondary N) is 1. The van der Waals surface area contributed by atoms with Crippen LogP contribution < -0.4 is 5.32 Å². The molecule has 148 valence electrons. The van der Waals surface area contributed by atoms with Crippen molar-refractivity contribution in [2.24, 2.45) is 0 Å². The number of furan rings is 1. The summed E-state index contributed by atoms with van der Waals surface area (Å²) in [5, 5.41) is 4.22. The highest BCUT2D eigenvalue weighted by molar-refractivity contribution is 7.22. The molecule has 4 rings (SSSR count). The van der Waals surface area contributed by atoms with Crippen molar-refractivity contribution < 1.29 is 9.21 Å². The lowest BCUT2D eigenvalue weighted by atomic mass is 10.1. The van der Waals surface area contributed by atoms with Gasteiger partial charge in [0.2, 0.25) is 5.91 Å². The summed E-state index contributed by atoms with van der Waals surface area (Å²) in [7, 11) is 0. The van der Waals surface area contributed by atoms with Gasteiger partial charge in [0.25, 0.3) is 0 Å². The second-order valence-electron chi connectivity index (χ2n) is 7.32.